The van der Waals surface area contributed by atoms with E-state index in [1.165, 1.54) is 18.9 Å². The van der Waals surface area contributed by atoms with Crippen LogP contribution in [0.15, 0.2) is 48.5 Å². The third-order valence-corrected chi connectivity index (χ3v) is 5.60. The van der Waals surface area contributed by atoms with Crippen LogP contribution < -0.4 is 15.4 Å². The van der Waals surface area contributed by atoms with Crippen molar-refractivity contribution in [3.05, 3.63) is 59.7 Å². The Morgan fingerprint density at radius 3 is 2.61 bits per heavy atom. The minimum Gasteiger partial charge on any atom is -0.497 e. The van der Waals surface area contributed by atoms with Gasteiger partial charge in [0.05, 0.1) is 25.5 Å². The molecule has 2 aromatic carbocycles. The number of urea groups is 1. The lowest BCUT2D eigenvalue weighted by atomic mass is 10.0. The Hall–Kier alpha value is -2.67. The van der Waals surface area contributed by atoms with Crippen LogP contribution in [-0.2, 0) is 20.8 Å². The molecule has 2 N–H and O–H groups in total. The standard InChI is InChI=1S/C21H24N2O4S/c1-26-18-8-4-6-16(12-18)21(9-10-21)23-20(25)22-17-7-3-5-15(11-17)13-28-14-19(24)27-2/h3-8,11-12H,9-10,13-14H2,1-2H3,(H2,22,23,25). The van der Waals surface area contributed by atoms with Crippen LogP contribution in [0.1, 0.15) is 24.0 Å². The van der Waals surface area contributed by atoms with Crippen LogP contribution in [0.25, 0.3) is 0 Å². The Morgan fingerprint density at radius 1 is 1.11 bits per heavy atom. The third-order valence-electron chi connectivity index (χ3n) is 4.63. The molecule has 0 aliphatic heterocycles. The van der Waals surface area contributed by atoms with Gasteiger partial charge in [-0.2, -0.15) is 0 Å². The number of ether oxygens (including phenoxy) is 2. The first kappa shape index (κ1) is 20.1. The molecule has 0 saturated heterocycles. The van der Waals surface area contributed by atoms with E-state index in [1.54, 1.807) is 7.11 Å². The summed E-state index contributed by atoms with van der Waals surface area (Å²) in [6.07, 6.45) is 1.80. The molecule has 1 aliphatic rings. The minimum absolute atomic E-state index is 0.236. The Balaban J connectivity index is 1.57. The van der Waals surface area contributed by atoms with Crippen molar-refractivity contribution in [3.63, 3.8) is 0 Å². The van der Waals surface area contributed by atoms with E-state index < -0.39 is 0 Å². The maximum Gasteiger partial charge on any atom is 0.319 e. The second-order valence-electron chi connectivity index (χ2n) is 6.66. The molecule has 6 nitrogen and oxygen atoms in total. The van der Waals surface area contributed by atoms with Crippen molar-refractivity contribution in [2.45, 2.75) is 24.1 Å². The molecule has 1 fully saturated rings. The number of anilines is 1. The maximum atomic E-state index is 12.5. The zero-order valence-corrected chi connectivity index (χ0v) is 16.8. The predicted octanol–water partition coefficient (Wildman–Crippen LogP) is 3.91. The maximum absolute atomic E-state index is 12.5. The highest BCUT2D eigenvalue weighted by atomic mass is 32.2. The van der Waals surface area contributed by atoms with Gasteiger partial charge in [0.2, 0.25) is 0 Å². The molecule has 148 valence electrons. The number of carbonyl (C=O) groups is 2. The van der Waals surface area contributed by atoms with Gasteiger partial charge in [-0.15, -0.1) is 11.8 Å². The highest BCUT2D eigenvalue weighted by Crippen LogP contribution is 2.46. The first-order chi connectivity index (χ1) is 13.5. The number of amides is 2. The van der Waals surface area contributed by atoms with Gasteiger partial charge in [0.15, 0.2) is 0 Å². The molecule has 3 rings (SSSR count). The van der Waals surface area contributed by atoms with Gasteiger partial charge in [0.25, 0.3) is 0 Å². The highest BCUT2D eigenvalue weighted by Gasteiger charge is 2.45. The molecule has 0 aromatic heterocycles. The SMILES string of the molecule is COC(=O)CSCc1cccc(NC(=O)NC2(c3cccc(OC)c3)CC2)c1. The predicted molar refractivity (Wildman–Crippen MR) is 111 cm³/mol. The van der Waals surface area contributed by atoms with Crippen molar-refractivity contribution in [3.8, 4) is 5.75 Å². The van der Waals surface area contributed by atoms with E-state index in [9.17, 15) is 9.59 Å². The average molecular weight is 401 g/mol. The van der Waals surface area contributed by atoms with Crippen LogP contribution in [0.4, 0.5) is 10.5 Å². The van der Waals surface area contributed by atoms with E-state index in [0.29, 0.717) is 11.5 Å². The van der Waals surface area contributed by atoms with Gasteiger partial charge < -0.3 is 20.1 Å². The average Bonchev–Trinajstić information content (AvgIpc) is 3.48. The van der Waals surface area contributed by atoms with Crippen molar-refractivity contribution < 1.29 is 19.1 Å². The van der Waals surface area contributed by atoms with E-state index >= 15 is 0 Å². The highest BCUT2D eigenvalue weighted by molar-refractivity contribution is 7.99. The molecule has 0 bridgehead atoms. The van der Waals surface area contributed by atoms with Crippen molar-refractivity contribution in [2.24, 2.45) is 0 Å². The summed E-state index contributed by atoms with van der Waals surface area (Å²) in [5.41, 5.74) is 2.47. The second-order valence-corrected chi connectivity index (χ2v) is 7.65. The lowest BCUT2D eigenvalue weighted by Crippen LogP contribution is -2.38. The van der Waals surface area contributed by atoms with Gasteiger partial charge >= 0.3 is 12.0 Å². The van der Waals surface area contributed by atoms with Gasteiger partial charge in [0.1, 0.15) is 5.75 Å². The summed E-state index contributed by atoms with van der Waals surface area (Å²) in [6.45, 7) is 0. The number of rotatable bonds is 8. The first-order valence-corrected chi connectivity index (χ1v) is 10.2. The second kappa shape index (κ2) is 9.01. The van der Waals surface area contributed by atoms with Crippen LogP contribution in [0.2, 0.25) is 0 Å². The van der Waals surface area contributed by atoms with Gasteiger partial charge in [-0.25, -0.2) is 4.79 Å². The largest absolute Gasteiger partial charge is 0.497 e. The fraction of sp³-hybridized carbons (Fsp3) is 0.333. The number of benzene rings is 2. The molecule has 0 atom stereocenters. The fourth-order valence-electron chi connectivity index (χ4n) is 2.96. The molecule has 2 amide bonds. The number of hydrogen-bond acceptors (Lipinski definition) is 5. The zero-order valence-electron chi connectivity index (χ0n) is 16.0. The number of methoxy groups -OCH3 is 2. The molecule has 0 unspecified atom stereocenters. The summed E-state index contributed by atoms with van der Waals surface area (Å²) in [6, 6.07) is 15.2. The van der Waals surface area contributed by atoms with Gasteiger partial charge in [0, 0.05) is 11.4 Å². The summed E-state index contributed by atoms with van der Waals surface area (Å²) >= 11 is 1.47. The number of thioether (sulfide) groups is 1. The number of nitrogens with one attached hydrogen (secondary N) is 2. The lowest BCUT2D eigenvalue weighted by molar-refractivity contribution is -0.137. The molecular formula is C21H24N2O4S. The summed E-state index contributed by atoms with van der Waals surface area (Å²) in [7, 11) is 3.01. The smallest absolute Gasteiger partial charge is 0.319 e. The van der Waals surface area contributed by atoms with E-state index in [-0.39, 0.29) is 17.5 Å². The Kier molecular flexibility index (Phi) is 6.46. The molecule has 2 aromatic rings. The molecule has 7 heteroatoms. The summed E-state index contributed by atoms with van der Waals surface area (Å²) in [5, 5.41) is 6.00. The normalized spacial score (nSPS) is 14.1. The van der Waals surface area contributed by atoms with Crippen LogP contribution in [-0.4, -0.2) is 32.0 Å². The van der Waals surface area contributed by atoms with Gasteiger partial charge in [-0.05, 0) is 48.2 Å². The molecule has 0 spiro atoms. The molecule has 1 aliphatic carbocycles. The van der Waals surface area contributed by atoms with Crippen LogP contribution >= 0.6 is 11.8 Å². The Morgan fingerprint density at radius 2 is 1.89 bits per heavy atom. The van der Waals surface area contributed by atoms with E-state index in [1.807, 2.05) is 48.5 Å². The number of carbonyl (C=O) groups excluding carboxylic acids is 2. The quantitative estimate of drug-likeness (QED) is 0.657. The third kappa shape index (κ3) is 5.19. The lowest BCUT2D eigenvalue weighted by Gasteiger charge is -2.19. The minimum atomic E-state index is -0.327. The zero-order chi connectivity index (χ0) is 20.0. The number of esters is 1. The van der Waals surface area contributed by atoms with Crippen LogP contribution in [0.3, 0.4) is 0 Å². The van der Waals surface area contributed by atoms with E-state index in [4.69, 9.17) is 4.74 Å². The van der Waals surface area contributed by atoms with Crippen molar-refractivity contribution in [2.75, 3.05) is 25.3 Å². The molecule has 0 heterocycles. The fourth-order valence-corrected chi connectivity index (χ4v) is 3.76. The Labute approximate surface area is 169 Å². The first-order valence-electron chi connectivity index (χ1n) is 9.02. The van der Waals surface area contributed by atoms with Crippen molar-refractivity contribution in [1.29, 1.82) is 0 Å². The molecule has 28 heavy (non-hydrogen) atoms. The van der Waals surface area contributed by atoms with E-state index in [2.05, 4.69) is 15.4 Å². The van der Waals surface area contributed by atoms with Gasteiger partial charge in [-0.3, -0.25) is 4.79 Å². The number of hydrogen-bond donors (Lipinski definition) is 2. The topological polar surface area (TPSA) is 76.7 Å². The molecule has 1 saturated carbocycles. The van der Waals surface area contributed by atoms with E-state index in [0.717, 1.165) is 35.4 Å². The summed E-state index contributed by atoms with van der Waals surface area (Å²) in [4.78, 5) is 23.7. The van der Waals surface area contributed by atoms with Crippen LogP contribution in [0.5, 0.6) is 5.75 Å². The van der Waals surface area contributed by atoms with Crippen molar-refractivity contribution >= 4 is 29.4 Å². The molecular weight excluding hydrogens is 376 g/mol. The molecule has 0 radical (unpaired) electrons. The Bertz CT molecular complexity index is 852. The van der Waals surface area contributed by atoms with Crippen molar-refractivity contribution in [1.82, 2.24) is 5.32 Å². The summed E-state index contributed by atoms with van der Waals surface area (Å²) in [5.74, 6) is 1.51. The monoisotopic (exact) mass is 400 g/mol. The van der Waals surface area contributed by atoms with Gasteiger partial charge in [-0.1, -0.05) is 24.3 Å². The summed E-state index contributed by atoms with van der Waals surface area (Å²) < 4.78 is 9.92. The van der Waals surface area contributed by atoms with Crippen LogP contribution in [0, 0.1) is 0 Å².